The number of aliphatic hydroxyl groups is 1. The maximum absolute atomic E-state index is 12.5. The molecule has 1 unspecified atom stereocenters. The normalized spacial score (nSPS) is 12.0. The van der Waals surface area contributed by atoms with Gasteiger partial charge in [0.2, 0.25) is 5.78 Å². The summed E-state index contributed by atoms with van der Waals surface area (Å²) in [5.41, 5.74) is 1.72. The highest BCUT2D eigenvalue weighted by Crippen LogP contribution is 2.19. The van der Waals surface area contributed by atoms with E-state index in [-0.39, 0.29) is 29.4 Å². The van der Waals surface area contributed by atoms with Gasteiger partial charge in [-0.3, -0.25) is 4.79 Å². The molecule has 0 saturated carbocycles. The number of likely N-dealkylation sites (N-methyl/N-ethyl adjacent to an activating group) is 1. The molecule has 1 N–H and O–H groups in total. The molecule has 6 heteroatoms. The number of allylic oxidation sites excluding steroid dienone is 1. The zero-order valence-corrected chi connectivity index (χ0v) is 19.4. The van der Waals surface area contributed by atoms with Crippen molar-refractivity contribution >= 4 is 21.7 Å². The van der Waals surface area contributed by atoms with Crippen LogP contribution in [0.15, 0.2) is 65.7 Å². The first-order valence-electron chi connectivity index (χ1n) is 8.91. The summed E-state index contributed by atoms with van der Waals surface area (Å²) in [5.74, 6) is 0.810. The number of carbonyl (C=O) groups excluding carboxylic acids is 1. The number of ether oxygens (including phenoxy) is 1. The van der Waals surface area contributed by atoms with Crippen LogP contribution in [0.1, 0.15) is 15.9 Å². The third-order valence-electron chi connectivity index (χ3n) is 4.21. The number of Topliss-reactive ketones (excluding diaryl/α,β-unsaturated/α-hetero) is 1. The number of hydrogen-bond acceptors (Lipinski definition) is 3. The largest absolute Gasteiger partial charge is 1.00 e. The van der Waals surface area contributed by atoms with Crippen LogP contribution >= 0.6 is 15.9 Å². The fourth-order valence-corrected chi connectivity index (χ4v) is 3.22. The van der Waals surface area contributed by atoms with E-state index in [1.54, 1.807) is 0 Å². The number of quaternary nitrogens is 1. The summed E-state index contributed by atoms with van der Waals surface area (Å²) in [6, 6.07) is 15.1. The number of ketones is 1. The zero-order chi connectivity index (χ0) is 19.9. The smallest absolute Gasteiger partial charge is 0.216 e. The molecule has 2 rings (SSSR count). The van der Waals surface area contributed by atoms with Crippen LogP contribution in [-0.2, 0) is 6.42 Å². The predicted octanol–water partition coefficient (Wildman–Crippen LogP) is 0.881. The Hall–Kier alpha value is -1.47. The monoisotopic (exact) mass is 511 g/mol. The Morgan fingerprint density at radius 1 is 1.21 bits per heavy atom. The molecule has 28 heavy (non-hydrogen) atoms. The molecule has 152 valence electrons. The molecule has 1 atom stereocenters. The third kappa shape index (κ3) is 7.87. The lowest BCUT2D eigenvalue weighted by Gasteiger charge is -2.31. The Morgan fingerprint density at radius 3 is 2.50 bits per heavy atom. The van der Waals surface area contributed by atoms with Gasteiger partial charge < -0.3 is 31.3 Å². The summed E-state index contributed by atoms with van der Waals surface area (Å²) in [5, 5.41) is 10.4. The van der Waals surface area contributed by atoms with Crippen LogP contribution in [0, 0.1) is 0 Å². The van der Waals surface area contributed by atoms with Gasteiger partial charge in [-0.25, -0.2) is 0 Å². The van der Waals surface area contributed by atoms with Crippen LogP contribution in [-0.4, -0.2) is 55.3 Å². The van der Waals surface area contributed by atoms with Crippen LogP contribution in [0.25, 0.3) is 0 Å². The highest BCUT2D eigenvalue weighted by molar-refractivity contribution is 9.10. The molecule has 4 nitrogen and oxygen atoms in total. The number of hydrogen-bond donors (Lipinski definition) is 1. The van der Waals surface area contributed by atoms with Crippen LogP contribution < -0.4 is 21.7 Å². The molecule has 0 aliphatic carbocycles. The van der Waals surface area contributed by atoms with Gasteiger partial charge >= 0.3 is 0 Å². The van der Waals surface area contributed by atoms with E-state index in [4.69, 9.17) is 4.74 Å². The van der Waals surface area contributed by atoms with Gasteiger partial charge in [0.05, 0.1) is 14.1 Å². The Kier molecular flexibility index (Phi) is 10.1. The first-order valence-corrected chi connectivity index (χ1v) is 9.70. The lowest BCUT2D eigenvalue weighted by molar-refractivity contribution is -0.885. The molecule has 0 amide bonds. The summed E-state index contributed by atoms with van der Waals surface area (Å²) in [6.07, 6.45) is 1.87. The summed E-state index contributed by atoms with van der Waals surface area (Å²) < 4.78 is 7.13. The van der Waals surface area contributed by atoms with Gasteiger partial charge in [0, 0.05) is 10.0 Å². The van der Waals surface area contributed by atoms with E-state index >= 15 is 0 Å². The molecule has 0 aliphatic rings. The molecule has 0 bridgehead atoms. The van der Waals surface area contributed by atoms with E-state index in [0.29, 0.717) is 23.1 Å². The third-order valence-corrected chi connectivity index (χ3v) is 4.74. The number of benzene rings is 2. The van der Waals surface area contributed by atoms with Gasteiger partial charge in [-0.15, -0.1) is 6.58 Å². The van der Waals surface area contributed by atoms with Crippen molar-refractivity contribution in [2.75, 3.05) is 33.8 Å². The molecule has 0 saturated heterocycles. The van der Waals surface area contributed by atoms with E-state index in [1.807, 2.05) is 68.7 Å². The second kappa shape index (κ2) is 11.5. The molecule has 0 radical (unpaired) electrons. The second-order valence-electron chi connectivity index (χ2n) is 7.27. The minimum atomic E-state index is -0.672. The van der Waals surface area contributed by atoms with Crippen molar-refractivity contribution < 1.29 is 36.1 Å². The number of aliphatic hydroxyl groups excluding tert-OH is 1. The molecule has 2 aromatic carbocycles. The Labute approximate surface area is 186 Å². The maximum Gasteiger partial charge on any atom is 0.216 e. The van der Waals surface area contributed by atoms with Gasteiger partial charge in [-0.2, -0.15) is 0 Å². The van der Waals surface area contributed by atoms with Gasteiger partial charge in [0.15, 0.2) is 0 Å². The first kappa shape index (κ1) is 24.6. The van der Waals surface area contributed by atoms with Crippen molar-refractivity contribution in [1.82, 2.24) is 0 Å². The van der Waals surface area contributed by atoms with Crippen molar-refractivity contribution in [1.29, 1.82) is 0 Å². The first-order chi connectivity index (χ1) is 12.8. The van der Waals surface area contributed by atoms with E-state index in [2.05, 4.69) is 22.5 Å². The predicted molar refractivity (Wildman–Crippen MR) is 112 cm³/mol. The average Bonchev–Trinajstić information content (AvgIpc) is 2.61. The minimum absolute atomic E-state index is 0. The standard InChI is InChI=1S/C22H27BrNO3.BrH/c1-4-7-18-8-5-6-9-22(18)27-16-20(25)14-24(2,3)15-21(26)17-10-12-19(23)13-11-17;/h4-6,8-13,20,25H,1,7,14-16H2,2-3H3;1H/q+1;/p-1. The summed E-state index contributed by atoms with van der Waals surface area (Å²) in [4.78, 5) is 12.5. The summed E-state index contributed by atoms with van der Waals surface area (Å²) >= 11 is 3.37. The Morgan fingerprint density at radius 2 is 1.86 bits per heavy atom. The van der Waals surface area contributed by atoms with E-state index in [9.17, 15) is 9.90 Å². The molecule has 0 aromatic heterocycles. The molecular formula is C22H27Br2NO3. The highest BCUT2D eigenvalue weighted by Gasteiger charge is 2.25. The lowest BCUT2D eigenvalue weighted by atomic mass is 10.1. The van der Waals surface area contributed by atoms with Crippen molar-refractivity contribution in [3.8, 4) is 5.75 Å². The molecule has 0 spiro atoms. The molecule has 2 aromatic rings. The van der Waals surface area contributed by atoms with Gasteiger partial charge in [-0.05, 0) is 30.2 Å². The SMILES string of the molecule is C=CCc1ccccc1OCC(O)C[N+](C)(C)CC(=O)c1ccc(Br)cc1.[Br-]. The fraction of sp³-hybridized carbons (Fsp3) is 0.318. The van der Waals surface area contributed by atoms with Crippen LogP contribution in [0.5, 0.6) is 5.75 Å². The molecular weight excluding hydrogens is 486 g/mol. The van der Waals surface area contributed by atoms with Gasteiger partial charge in [0.1, 0.15) is 31.5 Å². The quantitative estimate of drug-likeness (QED) is 0.292. The number of carbonyl (C=O) groups is 1. The van der Waals surface area contributed by atoms with E-state index in [1.165, 1.54) is 0 Å². The number of para-hydroxylation sites is 1. The summed E-state index contributed by atoms with van der Waals surface area (Å²) in [6.45, 7) is 4.67. The Bertz CT molecular complexity index is 776. The van der Waals surface area contributed by atoms with Crippen molar-refractivity contribution in [3.63, 3.8) is 0 Å². The topological polar surface area (TPSA) is 46.5 Å². The van der Waals surface area contributed by atoms with Crippen LogP contribution in [0.3, 0.4) is 0 Å². The maximum atomic E-state index is 12.5. The lowest BCUT2D eigenvalue weighted by Crippen LogP contribution is -3.00. The van der Waals surface area contributed by atoms with Crippen molar-refractivity contribution in [2.45, 2.75) is 12.5 Å². The van der Waals surface area contributed by atoms with Crippen molar-refractivity contribution in [2.24, 2.45) is 0 Å². The van der Waals surface area contributed by atoms with Crippen molar-refractivity contribution in [3.05, 3.63) is 76.8 Å². The zero-order valence-electron chi connectivity index (χ0n) is 16.3. The average molecular weight is 513 g/mol. The fourth-order valence-electron chi connectivity index (χ4n) is 2.96. The minimum Gasteiger partial charge on any atom is -1.00 e. The number of halogens is 2. The van der Waals surface area contributed by atoms with Crippen LogP contribution in [0.4, 0.5) is 0 Å². The van der Waals surface area contributed by atoms with E-state index in [0.717, 1.165) is 22.2 Å². The number of nitrogens with zero attached hydrogens (tertiary/aromatic N) is 1. The second-order valence-corrected chi connectivity index (χ2v) is 8.19. The number of rotatable bonds is 10. The van der Waals surface area contributed by atoms with Crippen LogP contribution in [0.2, 0.25) is 0 Å². The molecule has 0 heterocycles. The highest BCUT2D eigenvalue weighted by atomic mass is 79.9. The molecule has 0 fully saturated rings. The van der Waals surface area contributed by atoms with Gasteiger partial charge in [-0.1, -0.05) is 52.3 Å². The molecule has 0 aliphatic heterocycles. The summed E-state index contributed by atoms with van der Waals surface area (Å²) in [7, 11) is 3.87. The Balaban J connectivity index is 0.00000392. The van der Waals surface area contributed by atoms with Gasteiger partial charge in [0.25, 0.3) is 0 Å². The van der Waals surface area contributed by atoms with E-state index < -0.39 is 6.10 Å².